The highest BCUT2D eigenvalue weighted by atomic mass is 32.2. The van der Waals surface area contributed by atoms with Gasteiger partial charge in [0.05, 0.1) is 19.1 Å². The fourth-order valence-corrected chi connectivity index (χ4v) is 4.54. The summed E-state index contributed by atoms with van der Waals surface area (Å²) < 4.78 is 38.4. The van der Waals surface area contributed by atoms with E-state index in [0.717, 1.165) is 5.56 Å². The zero-order valence-corrected chi connectivity index (χ0v) is 20.9. The molecule has 0 aliphatic carbocycles. The molecule has 1 N–H and O–H groups in total. The van der Waals surface area contributed by atoms with E-state index in [0.29, 0.717) is 34.7 Å². The molecule has 0 aromatic heterocycles. The van der Waals surface area contributed by atoms with Crippen LogP contribution in [0.3, 0.4) is 0 Å². The summed E-state index contributed by atoms with van der Waals surface area (Å²) in [7, 11) is 1.06. The lowest BCUT2D eigenvalue weighted by Crippen LogP contribution is -2.26. The van der Waals surface area contributed by atoms with Crippen molar-refractivity contribution >= 4 is 21.7 Å². The van der Waals surface area contributed by atoms with Gasteiger partial charge in [0.25, 0.3) is 5.91 Å². The Kier molecular flexibility index (Phi) is 8.26. The van der Waals surface area contributed by atoms with Crippen LogP contribution in [0.25, 0.3) is 0 Å². The van der Waals surface area contributed by atoms with Crippen LogP contribution < -0.4 is 14.2 Å². The number of carbonyl (C=O) groups is 2. The summed E-state index contributed by atoms with van der Waals surface area (Å²) >= 11 is 0. The van der Waals surface area contributed by atoms with Crippen LogP contribution in [0.1, 0.15) is 38.8 Å². The van der Waals surface area contributed by atoms with E-state index in [2.05, 4.69) is 4.72 Å². The van der Waals surface area contributed by atoms with E-state index < -0.39 is 10.0 Å². The van der Waals surface area contributed by atoms with Crippen molar-refractivity contribution in [2.75, 3.05) is 21.3 Å². The first-order valence-corrected chi connectivity index (χ1v) is 12.3. The third-order valence-corrected chi connectivity index (χ3v) is 6.89. The van der Waals surface area contributed by atoms with Crippen molar-refractivity contribution in [2.24, 2.45) is 0 Å². The Morgan fingerprint density at radius 2 is 1.51 bits per heavy atom. The first kappa shape index (κ1) is 25.9. The third kappa shape index (κ3) is 6.26. The third-order valence-electron chi connectivity index (χ3n) is 5.48. The number of ketones is 1. The van der Waals surface area contributed by atoms with Crippen LogP contribution in [-0.2, 0) is 23.1 Å². The number of nitrogens with one attached hydrogen (secondary N) is 1. The molecule has 0 aliphatic heterocycles. The molecule has 35 heavy (non-hydrogen) atoms. The molecule has 3 rings (SSSR count). The van der Waals surface area contributed by atoms with E-state index in [4.69, 9.17) is 9.47 Å². The molecule has 0 bridgehead atoms. The Hall–Kier alpha value is -3.69. The topological polar surface area (TPSA) is 102 Å². The molecule has 0 atom stereocenters. The van der Waals surface area contributed by atoms with Gasteiger partial charge in [-0.05, 0) is 42.8 Å². The van der Waals surface area contributed by atoms with Gasteiger partial charge in [-0.1, -0.05) is 36.4 Å². The number of Topliss-reactive ketones (excluding diaryl/α,β-unsaturated/α-hetero) is 1. The lowest BCUT2D eigenvalue weighted by Gasteiger charge is -2.20. The summed E-state index contributed by atoms with van der Waals surface area (Å²) in [4.78, 5) is 25.9. The van der Waals surface area contributed by atoms with Gasteiger partial charge in [0.2, 0.25) is 10.0 Å². The van der Waals surface area contributed by atoms with Crippen molar-refractivity contribution in [2.45, 2.75) is 24.9 Å². The van der Waals surface area contributed by atoms with Gasteiger partial charge in [-0.25, -0.2) is 13.1 Å². The fourth-order valence-electron chi connectivity index (χ4n) is 3.52. The SMILES string of the molecule is COc1cccc(CN(C)C(=O)c2ccc(CNS(=O)(=O)c3ccc(C(C)=O)cc3)cc2)c1OC. The molecular weight excluding hydrogens is 468 g/mol. The van der Waals surface area contributed by atoms with Crippen molar-refractivity contribution in [1.29, 1.82) is 0 Å². The first-order valence-electron chi connectivity index (χ1n) is 10.8. The highest BCUT2D eigenvalue weighted by Crippen LogP contribution is 2.31. The normalized spacial score (nSPS) is 11.1. The number of para-hydroxylation sites is 1. The summed E-state index contributed by atoms with van der Waals surface area (Å²) in [6.45, 7) is 1.80. The molecule has 0 fully saturated rings. The van der Waals surface area contributed by atoms with Gasteiger partial charge in [-0.2, -0.15) is 0 Å². The molecule has 0 radical (unpaired) electrons. The Morgan fingerprint density at radius 3 is 2.09 bits per heavy atom. The Morgan fingerprint density at radius 1 is 0.886 bits per heavy atom. The van der Waals surface area contributed by atoms with E-state index in [1.165, 1.54) is 31.2 Å². The van der Waals surface area contributed by atoms with Crippen molar-refractivity contribution in [3.8, 4) is 11.5 Å². The summed E-state index contributed by atoms with van der Waals surface area (Å²) in [5, 5.41) is 0. The summed E-state index contributed by atoms with van der Waals surface area (Å²) in [6, 6.07) is 18.0. The van der Waals surface area contributed by atoms with Crippen molar-refractivity contribution in [1.82, 2.24) is 9.62 Å². The number of amides is 1. The number of hydrogen-bond donors (Lipinski definition) is 1. The van der Waals surface area contributed by atoms with Gasteiger partial charge < -0.3 is 14.4 Å². The average Bonchev–Trinajstić information content (AvgIpc) is 2.87. The van der Waals surface area contributed by atoms with Crippen molar-refractivity contribution in [3.63, 3.8) is 0 Å². The number of benzene rings is 3. The Balaban J connectivity index is 1.64. The van der Waals surface area contributed by atoms with E-state index >= 15 is 0 Å². The number of carbonyl (C=O) groups excluding carboxylic acids is 2. The minimum atomic E-state index is -3.75. The number of methoxy groups -OCH3 is 2. The molecule has 3 aromatic rings. The van der Waals surface area contributed by atoms with E-state index in [9.17, 15) is 18.0 Å². The standard InChI is InChI=1S/C26H28N2O6S/c1-18(29)20-12-14-23(15-13-20)35(31,32)27-16-19-8-10-21(11-9-19)26(30)28(2)17-22-6-5-7-24(33-3)25(22)34-4/h5-15,27H,16-17H2,1-4H3. The Bertz CT molecular complexity index is 1300. The van der Waals surface area contributed by atoms with Crippen LogP contribution in [0.4, 0.5) is 0 Å². The lowest BCUT2D eigenvalue weighted by atomic mass is 10.1. The predicted molar refractivity (Wildman–Crippen MR) is 132 cm³/mol. The van der Waals surface area contributed by atoms with Crippen molar-refractivity contribution in [3.05, 3.63) is 89.0 Å². The van der Waals surface area contributed by atoms with Gasteiger partial charge in [0, 0.05) is 36.8 Å². The lowest BCUT2D eigenvalue weighted by molar-refractivity contribution is 0.0783. The first-order chi connectivity index (χ1) is 16.7. The van der Waals surface area contributed by atoms with Crippen LogP contribution in [0, 0.1) is 0 Å². The van der Waals surface area contributed by atoms with Gasteiger partial charge in [-0.15, -0.1) is 0 Å². The quantitative estimate of drug-likeness (QED) is 0.430. The second kappa shape index (κ2) is 11.2. The number of nitrogens with zero attached hydrogens (tertiary/aromatic N) is 1. The van der Waals surface area contributed by atoms with Crippen LogP contribution in [0.2, 0.25) is 0 Å². The molecular formula is C26H28N2O6S. The van der Waals surface area contributed by atoms with Gasteiger partial charge in [-0.3, -0.25) is 9.59 Å². The molecule has 0 aliphatic rings. The number of hydrogen-bond acceptors (Lipinski definition) is 6. The average molecular weight is 497 g/mol. The minimum absolute atomic E-state index is 0.0577. The molecule has 0 spiro atoms. The second-order valence-corrected chi connectivity index (χ2v) is 9.68. The monoisotopic (exact) mass is 496 g/mol. The maximum absolute atomic E-state index is 12.9. The molecule has 0 saturated carbocycles. The van der Waals surface area contributed by atoms with Crippen LogP contribution in [0.15, 0.2) is 71.6 Å². The number of ether oxygens (including phenoxy) is 2. The van der Waals surface area contributed by atoms with Gasteiger partial charge >= 0.3 is 0 Å². The van der Waals surface area contributed by atoms with Crippen LogP contribution in [0.5, 0.6) is 11.5 Å². The molecule has 9 heteroatoms. The van der Waals surface area contributed by atoms with Gasteiger partial charge in [0.15, 0.2) is 17.3 Å². The summed E-state index contributed by atoms with van der Waals surface area (Å²) in [5.74, 6) is 0.845. The molecule has 3 aromatic carbocycles. The molecule has 1 amide bonds. The molecule has 184 valence electrons. The van der Waals surface area contributed by atoms with Crippen molar-refractivity contribution < 1.29 is 27.5 Å². The van der Waals surface area contributed by atoms with E-state index in [-0.39, 0.29) is 23.1 Å². The highest BCUT2D eigenvalue weighted by molar-refractivity contribution is 7.89. The van der Waals surface area contributed by atoms with E-state index in [1.807, 2.05) is 12.1 Å². The molecule has 0 unspecified atom stereocenters. The summed E-state index contributed by atoms with van der Waals surface area (Å²) in [5.41, 5.74) is 2.42. The zero-order chi connectivity index (χ0) is 25.6. The van der Waals surface area contributed by atoms with Crippen LogP contribution >= 0.6 is 0 Å². The predicted octanol–water partition coefficient (Wildman–Crippen LogP) is 3.66. The summed E-state index contributed by atoms with van der Waals surface area (Å²) in [6.07, 6.45) is 0. The number of rotatable bonds is 10. The maximum Gasteiger partial charge on any atom is 0.253 e. The highest BCUT2D eigenvalue weighted by Gasteiger charge is 2.17. The molecule has 8 nitrogen and oxygen atoms in total. The smallest absolute Gasteiger partial charge is 0.253 e. The largest absolute Gasteiger partial charge is 0.493 e. The Labute approximate surface area is 205 Å². The maximum atomic E-state index is 12.9. The van der Waals surface area contributed by atoms with Gasteiger partial charge in [0.1, 0.15) is 0 Å². The minimum Gasteiger partial charge on any atom is -0.493 e. The fraction of sp³-hybridized carbons (Fsp3) is 0.231. The second-order valence-electron chi connectivity index (χ2n) is 7.92. The van der Waals surface area contributed by atoms with Crippen LogP contribution in [-0.4, -0.2) is 46.3 Å². The molecule has 0 saturated heterocycles. The van der Waals surface area contributed by atoms with E-state index in [1.54, 1.807) is 56.5 Å². The zero-order valence-electron chi connectivity index (χ0n) is 20.1. The molecule has 0 heterocycles. The number of sulfonamides is 1.